The highest BCUT2D eigenvalue weighted by atomic mass is 16.5. The van der Waals surface area contributed by atoms with Gasteiger partial charge in [0.15, 0.2) is 5.75 Å². The fourth-order valence-corrected chi connectivity index (χ4v) is 1.76. The van der Waals surface area contributed by atoms with Crippen LogP contribution >= 0.6 is 0 Å². The minimum Gasteiger partial charge on any atom is -0.454 e. The number of nitrogens with zero attached hydrogens (tertiary/aromatic N) is 3. The molecule has 0 aromatic carbocycles. The van der Waals surface area contributed by atoms with Gasteiger partial charge in [-0.2, -0.15) is 5.10 Å². The zero-order valence-electron chi connectivity index (χ0n) is 11.8. The fourth-order valence-electron chi connectivity index (χ4n) is 1.76. The Labute approximate surface area is 113 Å². The third-order valence-corrected chi connectivity index (χ3v) is 2.78. The number of rotatable bonds is 5. The summed E-state index contributed by atoms with van der Waals surface area (Å²) in [7, 11) is 1.90. The Hall–Kier alpha value is -1.88. The molecule has 5 heteroatoms. The monoisotopic (exact) mass is 260 g/mol. The maximum atomic E-state index is 5.91. The number of nitrogens with one attached hydrogen (secondary N) is 1. The van der Waals surface area contributed by atoms with Crippen molar-refractivity contribution in [3.63, 3.8) is 0 Å². The average molecular weight is 260 g/mol. The average Bonchev–Trinajstić information content (AvgIpc) is 2.81. The van der Waals surface area contributed by atoms with Gasteiger partial charge < -0.3 is 10.1 Å². The highest BCUT2D eigenvalue weighted by Gasteiger charge is 2.08. The van der Waals surface area contributed by atoms with E-state index in [9.17, 15) is 0 Å². The first-order chi connectivity index (χ1) is 9.10. The molecule has 2 heterocycles. The van der Waals surface area contributed by atoms with Crippen LogP contribution in [0.3, 0.4) is 0 Å². The summed E-state index contributed by atoms with van der Waals surface area (Å²) in [5.41, 5.74) is 1.97. The molecule has 2 aromatic heterocycles. The van der Waals surface area contributed by atoms with Crippen LogP contribution in [0.4, 0.5) is 0 Å². The van der Waals surface area contributed by atoms with E-state index >= 15 is 0 Å². The van der Waals surface area contributed by atoms with E-state index in [0.29, 0.717) is 6.04 Å². The number of aryl methyl sites for hydroxylation is 1. The molecule has 0 aliphatic rings. The highest BCUT2D eigenvalue weighted by molar-refractivity contribution is 5.36. The van der Waals surface area contributed by atoms with E-state index in [2.05, 4.69) is 29.2 Å². The van der Waals surface area contributed by atoms with Gasteiger partial charge in [-0.3, -0.25) is 9.67 Å². The smallest absolute Gasteiger partial charge is 0.165 e. The van der Waals surface area contributed by atoms with Crippen molar-refractivity contribution in [2.45, 2.75) is 33.4 Å². The number of pyridine rings is 1. The SMILES string of the molecule is CNCc1cnc(C)cc1Oc1cnn(C(C)C)c1. The van der Waals surface area contributed by atoms with Gasteiger partial charge in [0.25, 0.3) is 0 Å². The van der Waals surface area contributed by atoms with E-state index in [0.717, 1.165) is 29.3 Å². The van der Waals surface area contributed by atoms with Crippen molar-refractivity contribution in [3.05, 3.63) is 35.9 Å². The Morgan fingerprint density at radius 2 is 2.16 bits per heavy atom. The van der Waals surface area contributed by atoms with Gasteiger partial charge in [0.2, 0.25) is 0 Å². The Bertz CT molecular complexity index is 548. The molecule has 102 valence electrons. The molecule has 0 unspecified atom stereocenters. The molecule has 0 aliphatic heterocycles. The zero-order valence-corrected chi connectivity index (χ0v) is 11.8. The van der Waals surface area contributed by atoms with Crippen LogP contribution in [-0.2, 0) is 6.54 Å². The Balaban J connectivity index is 2.23. The van der Waals surface area contributed by atoms with Crippen LogP contribution < -0.4 is 10.1 Å². The number of hydrogen-bond donors (Lipinski definition) is 1. The van der Waals surface area contributed by atoms with Gasteiger partial charge in [0, 0.05) is 36.1 Å². The predicted octanol–water partition coefficient (Wildman–Crippen LogP) is 2.68. The second kappa shape index (κ2) is 5.84. The Morgan fingerprint density at radius 1 is 1.37 bits per heavy atom. The first kappa shape index (κ1) is 13.5. The first-order valence-corrected chi connectivity index (χ1v) is 6.42. The van der Waals surface area contributed by atoms with Crippen LogP contribution in [0.5, 0.6) is 11.5 Å². The molecule has 19 heavy (non-hydrogen) atoms. The summed E-state index contributed by atoms with van der Waals surface area (Å²) in [5, 5.41) is 7.38. The van der Waals surface area contributed by atoms with Gasteiger partial charge in [-0.15, -0.1) is 0 Å². The fraction of sp³-hybridized carbons (Fsp3) is 0.429. The van der Waals surface area contributed by atoms with Gasteiger partial charge in [0.1, 0.15) is 5.75 Å². The molecule has 2 rings (SSSR count). The topological polar surface area (TPSA) is 52.0 Å². The molecular weight excluding hydrogens is 240 g/mol. The third-order valence-electron chi connectivity index (χ3n) is 2.78. The van der Waals surface area contributed by atoms with Crippen molar-refractivity contribution in [2.75, 3.05) is 7.05 Å². The summed E-state index contributed by atoms with van der Waals surface area (Å²) in [5.74, 6) is 1.57. The van der Waals surface area contributed by atoms with Crippen LogP contribution in [-0.4, -0.2) is 21.8 Å². The first-order valence-electron chi connectivity index (χ1n) is 6.42. The van der Waals surface area contributed by atoms with E-state index in [1.54, 1.807) is 6.20 Å². The van der Waals surface area contributed by atoms with E-state index in [1.807, 2.05) is 37.1 Å². The summed E-state index contributed by atoms with van der Waals surface area (Å²) in [4.78, 5) is 4.29. The van der Waals surface area contributed by atoms with Crippen molar-refractivity contribution in [2.24, 2.45) is 0 Å². The summed E-state index contributed by atoms with van der Waals surface area (Å²) in [6.07, 6.45) is 5.48. The molecule has 5 nitrogen and oxygen atoms in total. The summed E-state index contributed by atoms with van der Waals surface area (Å²) in [6.45, 7) is 6.84. The minimum absolute atomic E-state index is 0.327. The molecule has 2 aromatic rings. The van der Waals surface area contributed by atoms with Gasteiger partial charge >= 0.3 is 0 Å². The number of aromatic nitrogens is 3. The summed E-state index contributed by atoms with van der Waals surface area (Å²) >= 11 is 0. The number of hydrogen-bond acceptors (Lipinski definition) is 4. The maximum Gasteiger partial charge on any atom is 0.165 e. The van der Waals surface area contributed by atoms with Gasteiger partial charge in [-0.1, -0.05) is 0 Å². The minimum atomic E-state index is 0.327. The van der Waals surface area contributed by atoms with Crippen molar-refractivity contribution >= 4 is 0 Å². The standard InChI is InChI=1S/C14H20N4O/c1-10(2)18-9-13(8-17-18)19-14-5-11(3)16-7-12(14)6-15-4/h5,7-10,15H,6H2,1-4H3. The normalized spacial score (nSPS) is 11.0. The zero-order chi connectivity index (χ0) is 13.8. The lowest BCUT2D eigenvalue weighted by Gasteiger charge is -2.10. The molecule has 0 fully saturated rings. The van der Waals surface area contributed by atoms with Crippen LogP contribution in [0.2, 0.25) is 0 Å². The lowest BCUT2D eigenvalue weighted by atomic mass is 10.2. The van der Waals surface area contributed by atoms with E-state index in [4.69, 9.17) is 4.74 Å². The number of ether oxygens (including phenoxy) is 1. The largest absolute Gasteiger partial charge is 0.454 e. The van der Waals surface area contributed by atoms with Crippen LogP contribution in [0, 0.1) is 6.92 Å². The van der Waals surface area contributed by atoms with Crippen LogP contribution in [0.25, 0.3) is 0 Å². The molecule has 0 spiro atoms. The van der Waals surface area contributed by atoms with Crippen LogP contribution in [0.1, 0.15) is 31.1 Å². The maximum absolute atomic E-state index is 5.91. The molecule has 1 N–H and O–H groups in total. The molecular formula is C14H20N4O. The highest BCUT2D eigenvalue weighted by Crippen LogP contribution is 2.25. The molecule has 0 saturated carbocycles. The molecule has 0 bridgehead atoms. The molecule has 0 atom stereocenters. The van der Waals surface area contributed by atoms with Crippen molar-refractivity contribution in [1.82, 2.24) is 20.1 Å². The molecule has 0 aliphatic carbocycles. The van der Waals surface area contributed by atoms with Crippen molar-refractivity contribution in [3.8, 4) is 11.5 Å². The lowest BCUT2D eigenvalue weighted by Crippen LogP contribution is -2.07. The second-order valence-electron chi connectivity index (χ2n) is 4.82. The van der Waals surface area contributed by atoms with E-state index in [1.165, 1.54) is 0 Å². The van der Waals surface area contributed by atoms with E-state index < -0.39 is 0 Å². The summed E-state index contributed by atoms with van der Waals surface area (Å²) < 4.78 is 7.79. The third kappa shape index (κ3) is 3.32. The summed E-state index contributed by atoms with van der Waals surface area (Å²) in [6, 6.07) is 2.27. The lowest BCUT2D eigenvalue weighted by molar-refractivity contribution is 0.468. The van der Waals surface area contributed by atoms with Crippen molar-refractivity contribution in [1.29, 1.82) is 0 Å². The van der Waals surface area contributed by atoms with Gasteiger partial charge in [-0.05, 0) is 27.8 Å². The molecule has 0 amide bonds. The van der Waals surface area contributed by atoms with Crippen LogP contribution in [0.15, 0.2) is 24.7 Å². The second-order valence-corrected chi connectivity index (χ2v) is 4.82. The Morgan fingerprint density at radius 3 is 2.79 bits per heavy atom. The Kier molecular flexibility index (Phi) is 4.16. The van der Waals surface area contributed by atoms with Crippen molar-refractivity contribution < 1.29 is 4.74 Å². The van der Waals surface area contributed by atoms with Gasteiger partial charge in [-0.25, -0.2) is 0 Å². The molecule has 0 saturated heterocycles. The predicted molar refractivity (Wildman–Crippen MR) is 74.4 cm³/mol. The molecule has 0 radical (unpaired) electrons. The quantitative estimate of drug-likeness (QED) is 0.898. The van der Waals surface area contributed by atoms with Gasteiger partial charge in [0.05, 0.1) is 12.4 Å². The van der Waals surface area contributed by atoms with E-state index in [-0.39, 0.29) is 0 Å².